The molecule has 2 atom stereocenters. The minimum absolute atomic E-state index is 0.0452. The minimum atomic E-state index is -0.216. The molecule has 0 saturated carbocycles. The van der Waals surface area contributed by atoms with E-state index in [0.717, 1.165) is 17.7 Å². The van der Waals surface area contributed by atoms with Crippen molar-refractivity contribution >= 4 is 11.6 Å². The van der Waals surface area contributed by atoms with Gasteiger partial charge in [0, 0.05) is 32.2 Å². The van der Waals surface area contributed by atoms with Gasteiger partial charge >= 0.3 is 0 Å². The Morgan fingerprint density at radius 1 is 1.61 bits per heavy atom. The number of fused-ring (bicyclic) bond motifs is 1. The number of benzene rings is 1. The quantitative estimate of drug-likeness (QED) is 0.804. The number of hydrogen-bond acceptors (Lipinski definition) is 3. The normalized spacial score (nSPS) is 19.4. The van der Waals surface area contributed by atoms with Crippen LogP contribution in [0.2, 0.25) is 0 Å². The van der Waals surface area contributed by atoms with E-state index in [9.17, 15) is 4.39 Å². The van der Waals surface area contributed by atoms with Gasteiger partial charge in [0.2, 0.25) is 0 Å². The van der Waals surface area contributed by atoms with Crippen LogP contribution in [0.15, 0.2) is 18.2 Å². The molecule has 0 aliphatic carbocycles. The summed E-state index contributed by atoms with van der Waals surface area (Å²) in [7, 11) is 1.63. The Labute approximate surface area is 111 Å². The molecule has 1 N–H and O–H groups in total. The Hall–Kier alpha value is -0.840. The van der Waals surface area contributed by atoms with Crippen LogP contribution >= 0.6 is 11.6 Å². The first-order valence-corrected chi connectivity index (χ1v) is 6.41. The molecule has 0 saturated heterocycles. The monoisotopic (exact) mass is 273 g/mol. The highest BCUT2D eigenvalue weighted by Gasteiger charge is 2.22. The summed E-state index contributed by atoms with van der Waals surface area (Å²) < 4.78 is 23.7. The zero-order chi connectivity index (χ0) is 13.0. The molecule has 1 aromatic rings. The van der Waals surface area contributed by atoms with Gasteiger partial charge in [0.25, 0.3) is 0 Å². The average molecular weight is 274 g/mol. The molecule has 1 aromatic carbocycles. The lowest BCUT2D eigenvalue weighted by molar-refractivity contribution is 0.192. The van der Waals surface area contributed by atoms with Crippen LogP contribution in [-0.2, 0) is 11.2 Å². The highest BCUT2D eigenvalue weighted by molar-refractivity contribution is 6.20. The highest BCUT2D eigenvalue weighted by Crippen LogP contribution is 2.28. The fourth-order valence-corrected chi connectivity index (χ4v) is 2.28. The number of halogens is 2. The maximum Gasteiger partial charge on any atom is 0.123 e. The van der Waals surface area contributed by atoms with E-state index in [0.29, 0.717) is 19.7 Å². The summed E-state index contributed by atoms with van der Waals surface area (Å²) in [6, 6.07) is 4.63. The molecule has 5 heteroatoms. The molecule has 0 spiro atoms. The van der Waals surface area contributed by atoms with Crippen LogP contribution in [-0.4, -0.2) is 38.3 Å². The first-order valence-electron chi connectivity index (χ1n) is 5.98. The lowest BCUT2D eigenvalue weighted by atomic mass is 10.1. The summed E-state index contributed by atoms with van der Waals surface area (Å²) in [5.74, 6) is 0.564. The molecule has 1 heterocycles. The van der Waals surface area contributed by atoms with Crippen LogP contribution in [0.4, 0.5) is 4.39 Å². The summed E-state index contributed by atoms with van der Waals surface area (Å²) >= 11 is 6.00. The molecule has 3 nitrogen and oxygen atoms in total. The molecule has 2 unspecified atom stereocenters. The van der Waals surface area contributed by atoms with Crippen LogP contribution in [0.25, 0.3) is 0 Å². The molecule has 2 rings (SSSR count). The number of hydrogen-bond donors (Lipinski definition) is 1. The van der Waals surface area contributed by atoms with E-state index in [2.05, 4.69) is 5.32 Å². The standard InChI is InChI=1S/C13H17ClFNO2/c1-17-8-10(14)6-16-7-12-5-9-4-11(15)2-3-13(9)18-12/h2-4,10,12,16H,5-8H2,1H3. The molecular weight excluding hydrogens is 257 g/mol. The molecular formula is C13H17ClFNO2. The number of nitrogens with one attached hydrogen (secondary N) is 1. The molecule has 0 aromatic heterocycles. The van der Waals surface area contributed by atoms with Crippen LogP contribution < -0.4 is 10.1 Å². The largest absolute Gasteiger partial charge is 0.488 e. The van der Waals surface area contributed by atoms with Gasteiger partial charge in [-0.1, -0.05) is 0 Å². The second-order valence-electron chi connectivity index (χ2n) is 4.41. The van der Waals surface area contributed by atoms with Gasteiger partial charge in [-0.2, -0.15) is 0 Å². The lowest BCUT2D eigenvalue weighted by Crippen LogP contribution is -2.34. The van der Waals surface area contributed by atoms with E-state index in [1.807, 2.05) is 0 Å². The van der Waals surface area contributed by atoms with Crippen LogP contribution in [0.5, 0.6) is 5.75 Å². The molecule has 1 aliphatic heterocycles. The SMILES string of the molecule is COCC(Cl)CNCC1Cc2cc(F)ccc2O1. The highest BCUT2D eigenvalue weighted by atomic mass is 35.5. The van der Waals surface area contributed by atoms with Gasteiger partial charge in [-0.05, 0) is 18.2 Å². The van der Waals surface area contributed by atoms with Gasteiger partial charge in [-0.15, -0.1) is 11.6 Å². The van der Waals surface area contributed by atoms with E-state index in [1.165, 1.54) is 12.1 Å². The maximum absolute atomic E-state index is 13.0. The van der Waals surface area contributed by atoms with Crippen molar-refractivity contribution in [1.82, 2.24) is 5.32 Å². The van der Waals surface area contributed by atoms with Gasteiger partial charge in [-0.25, -0.2) is 4.39 Å². The Morgan fingerprint density at radius 2 is 2.44 bits per heavy atom. The average Bonchev–Trinajstić information content (AvgIpc) is 2.71. The van der Waals surface area contributed by atoms with E-state index in [-0.39, 0.29) is 17.3 Å². The maximum atomic E-state index is 13.0. The molecule has 100 valence electrons. The summed E-state index contributed by atoms with van der Waals surface area (Å²) in [6.07, 6.45) is 0.783. The van der Waals surface area contributed by atoms with Crippen molar-refractivity contribution in [2.45, 2.75) is 17.9 Å². The summed E-state index contributed by atoms with van der Waals surface area (Å²) in [5.41, 5.74) is 0.932. The second kappa shape index (κ2) is 6.36. The molecule has 18 heavy (non-hydrogen) atoms. The molecule has 0 fully saturated rings. The van der Waals surface area contributed by atoms with Crippen molar-refractivity contribution in [2.24, 2.45) is 0 Å². The topological polar surface area (TPSA) is 30.5 Å². The van der Waals surface area contributed by atoms with E-state index in [4.69, 9.17) is 21.1 Å². The summed E-state index contributed by atoms with van der Waals surface area (Å²) in [6.45, 7) is 1.88. The minimum Gasteiger partial charge on any atom is -0.488 e. The van der Waals surface area contributed by atoms with Gasteiger partial charge in [0.1, 0.15) is 17.7 Å². The third-order valence-electron chi connectivity index (χ3n) is 2.85. The predicted molar refractivity (Wildman–Crippen MR) is 68.9 cm³/mol. The Kier molecular flexibility index (Phi) is 4.80. The molecule has 0 radical (unpaired) electrons. The van der Waals surface area contributed by atoms with E-state index >= 15 is 0 Å². The zero-order valence-electron chi connectivity index (χ0n) is 10.3. The van der Waals surface area contributed by atoms with Crippen molar-refractivity contribution in [1.29, 1.82) is 0 Å². The third kappa shape index (κ3) is 3.57. The molecule has 0 amide bonds. The number of alkyl halides is 1. The van der Waals surface area contributed by atoms with Crippen molar-refractivity contribution in [3.63, 3.8) is 0 Å². The van der Waals surface area contributed by atoms with Gasteiger partial charge < -0.3 is 14.8 Å². The van der Waals surface area contributed by atoms with Crippen LogP contribution in [0.3, 0.4) is 0 Å². The number of methoxy groups -OCH3 is 1. The fraction of sp³-hybridized carbons (Fsp3) is 0.538. The van der Waals surface area contributed by atoms with Crippen LogP contribution in [0.1, 0.15) is 5.56 Å². The number of ether oxygens (including phenoxy) is 2. The summed E-state index contributed by atoms with van der Waals surface area (Å²) in [4.78, 5) is 0. The summed E-state index contributed by atoms with van der Waals surface area (Å²) in [5, 5.41) is 3.19. The Bertz CT molecular complexity index is 403. The molecule has 0 bridgehead atoms. The van der Waals surface area contributed by atoms with Gasteiger partial charge in [-0.3, -0.25) is 0 Å². The van der Waals surface area contributed by atoms with Crippen molar-refractivity contribution in [3.8, 4) is 5.75 Å². The Balaban J connectivity index is 1.74. The van der Waals surface area contributed by atoms with Gasteiger partial charge in [0.05, 0.1) is 12.0 Å². The van der Waals surface area contributed by atoms with Gasteiger partial charge in [0.15, 0.2) is 0 Å². The third-order valence-corrected chi connectivity index (χ3v) is 3.13. The smallest absolute Gasteiger partial charge is 0.123 e. The zero-order valence-corrected chi connectivity index (χ0v) is 11.0. The molecule has 1 aliphatic rings. The van der Waals surface area contributed by atoms with Crippen molar-refractivity contribution < 1.29 is 13.9 Å². The Morgan fingerprint density at radius 3 is 3.22 bits per heavy atom. The van der Waals surface area contributed by atoms with Crippen LogP contribution in [0, 0.1) is 5.82 Å². The first-order chi connectivity index (χ1) is 8.69. The first kappa shape index (κ1) is 13.6. The predicted octanol–water partition coefficient (Wildman–Crippen LogP) is 1.97. The van der Waals surface area contributed by atoms with Crippen molar-refractivity contribution in [3.05, 3.63) is 29.6 Å². The number of rotatable bonds is 6. The fourth-order valence-electron chi connectivity index (χ4n) is 2.04. The lowest BCUT2D eigenvalue weighted by Gasteiger charge is -2.14. The second-order valence-corrected chi connectivity index (χ2v) is 5.02. The van der Waals surface area contributed by atoms with E-state index in [1.54, 1.807) is 13.2 Å². The van der Waals surface area contributed by atoms with E-state index < -0.39 is 0 Å². The van der Waals surface area contributed by atoms with Crippen molar-refractivity contribution in [2.75, 3.05) is 26.8 Å².